The maximum absolute atomic E-state index is 12.1. The molecule has 0 saturated carbocycles. The molecule has 0 amide bonds. The molecule has 0 unspecified atom stereocenters. The summed E-state index contributed by atoms with van der Waals surface area (Å²) in [5, 5.41) is 11.1. The van der Waals surface area contributed by atoms with Gasteiger partial charge in [0.2, 0.25) is 10.0 Å². The van der Waals surface area contributed by atoms with E-state index in [-0.39, 0.29) is 5.84 Å². The van der Waals surface area contributed by atoms with Gasteiger partial charge in [0.1, 0.15) is 0 Å². The summed E-state index contributed by atoms with van der Waals surface area (Å²) in [6.07, 6.45) is 0. The van der Waals surface area contributed by atoms with Crippen molar-refractivity contribution in [1.29, 1.82) is 0 Å². The Kier molecular flexibility index (Phi) is 4.18. The zero-order valence-corrected chi connectivity index (χ0v) is 11.3. The van der Waals surface area contributed by atoms with Gasteiger partial charge in [0, 0.05) is 12.6 Å². The number of sulfonamides is 1. The lowest BCUT2D eigenvalue weighted by Gasteiger charge is -2.23. The molecular weight excluding hydrogens is 254 g/mol. The van der Waals surface area contributed by atoms with Gasteiger partial charge in [0.15, 0.2) is 5.84 Å². The highest BCUT2D eigenvalue weighted by Crippen LogP contribution is 2.23. The molecule has 3 N–H and O–H groups in total. The van der Waals surface area contributed by atoms with Crippen LogP contribution in [0.15, 0.2) is 29.4 Å². The summed E-state index contributed by atoms with van der Waals surface area (Å²) in [5.41, 5.74) is 6.27. The van der Waals surface area contributed by atoms with Crippen molar-refractivity contribution in [3.8, 4) is 0 Å². The number of amidine groups is 1. The van der Waals surface area contributed by atoms with E-state index < -0.39 is 15.3 Å². The quantitative estimate of drug-likeness (QED) is 0.369. The smallest absolute Gasteiger partial charge is 0.237 e. The molecular formula is C11H17N3O3S. The number of hydrogen-bond donors (Lipinski definition) is 2. The Hall–Kier alpha value is -1.76. The van der Waals surface area contributed by atoms with Gasteiger partial charge in [-0.05, 0) is 26.0 Å². The Balaban J connectivity index is 3.35. The fourth-order valence-electron chi connectivity index (χ4n) is 1.47. The molecule has 1 rings (SSSR count). The van der Waals surface area contributed by atoms with Gasteiger partial charge in [-0.2, -0.15) is 0 Å². The van der Waals surface area contributed by atoms with Crippen molar-refractivity contribution in [3.05, 3.63) is 29.8 Å². The molecule has 18 heavy (non-hydrogen) atoms. The van der Waals surface area contributed by atoms with E-state index in [1.165, 1.54) is 7.05 Å². The number of anilines is 1. The zero-order valence-electron chi connectivity index (χ0n) is 10.5. The van der Waals surface area contributed by atoms with Crippen LogP contribution in [0.1, 0.15) is 19.4 Å². The molecule has 0 aliphatic heterocycles. The molecule has 7 heteroatoms. The highest BCUT2D eigenvalue weighted by atomic mass is 32.2. The minimum Gasteiger partial charge on any atom is -0.409 e. The molecule has 0 atom stereocenters. The third kappa shape index (κ3) is 2.56. The van der Waals surface area contributed by atoms with E-state index in [2.05, 4.69) is 5.16 Å². The number of nitrogens with zero attached hydrogens (tertiary/aromatic N) is 2. The highest BCUT2D eigenvalue weighted by molar-refractivity contribution is 7.93. The third-order valence-electron chi connectivity index (χ3n) is 2.60. The number of oxime groups is 1. The van der Waals surface area contributed by atoms with Crippen molar-refractivity contribution in [3.63, 3.8) is 0 Å². The van der Waals surface area contributed by atoms with Gasteiger partial charge in [0.05, 0.1) is 10.9 Å². The topological polar surface area (TPSA) is 96.0 Å². The second-order valence-electron chi connectivity index (χ2n) is 4.06. The first-order chi connectivity index (χ1) is 8.32. The Bertz CT molecular complexity index is 552. The van der Waals surface area contributed by atoms with E-state index in [0.29, 0.717) is 11.3 Å². The fourth-order valence-corrected chi connectivity index (χ4v) is 2.54. The van der Waals surface area contributed by atoms with E-state index in [4.69, 9.17) is 10.9 Å². The molecule has 0 radical (unpaired) electrons. The Morgan fingerprint density at radius 3 is 2.44 bits per heavy atom. The lowest BCUT2D eigenvalue weighted by Crippen LogP contribution is -2.34. The highest BCUT2D eigenvalue weighted by Gasteiger charge is 2.24. The van der Waals surface area contributed by atoms with Gasteiger partial charge in [-0.25, -0.2) is 8.42 Å². The number of nitrogens with two attached hydrogens (primary N) is 1. The summed E-state index contributed by atoms with van der Waals surface area (Å²) in [5.74, 6) is -0.128. The number of rotatable bonds is 4. The molecule has 0 aliphatic carbocycles. The standard InChI is InChI=1S/C11H17N3O3S/c1-8(2)18(16,17)14(3)10-7-5-4-6-9(10)11(12)13-15/h4-8,15H,1-3H3,(H2,12,13). The molecule has 0 spiro atoms. The lowest BCUT2D eigenvalue weighted by molar-refractivity contribution is 0.318. The molecule has 1 aromatic carbocycles. The molecule has 1 aromatic rings. The fraction of sp³-hybridized carbons (Fsp3) is 0.364. The average Bonchev–Trinajstić information content (AvgIpc) is 2.36. The van der Waals surface area contributed by atoms with Gasteiger partial charge < -0.3 is 10.9 Å². The van der Waals surface area contributed by atoms with Crippen molar-refractivity contribution in [1.82, 2.24) is 0 Å². The Labute approximate surface area is 107 Å². The average molecular weight is 271 g/mol. The van der Waals surface area contributed by atoms with Crippen molar-refractivity contribution in [2.45, 2.75) is 19.1 Å². The monoisotopic (exact) mass is 271 g/mol. The van der Waals surface area contributed by atoms with Gasteiger partial charge >= 0.3 is 0 Å². The molecule has 0 fully saturated rings. The lowest BCUT2D eigenvalue weighted by atomic mass is 10.1. The van der Waals surface area contributed by atoms with Crippen LogP contribution >= 0.6 is 0 Å². The zero-order chi connectivity index (χ0) is 13.9. The Morgan fingerprint density at radius 2 is 1.94 bits per heavy atom. The number of para-hydroxylation sites is 1. The van der Waals surface area contributed by atoms with E-state index in [9.17, 15) is 8.42 Å². The molecule has 0 aromatic heterocycles. The van der Waals surface area contributed by atoms with E-state index in [1.54, 1.807) is 38.1 Å². The number of benzene rings is 1. The Morgan fingerprint density at radius 1 is 1.39 bits per heavy atom. The normalized spacial score (nSPS) is 12.8. The van der Waals surface area contributed by atoms with Crippen LogP contribution in [0.5, 0.6) is 0 Å². The van der Waals surface area contributed by atoms with Crippen molar-refractivity contribution < 1.29 is 13.6 Å². The van der Waals surface area contributed by atoms with Crippen LogP contribution in [0, 0.1) is 0 Å². The van der Waals surface area contributed by atoms with Gasteiger partial charge in [0.25, 0.3) is 0 Å². The second-order valence-corrected chi connectivity index (χ2v) is 6.58. The molecule has 0 heterocycles. The van der Waals surface area contributed by atoms with Crippen LogP contribution in [-0.4, -0.2) is 31.8 Å². The molecule has 0 saturated heterocycles. The third-order valence-corrected chi connectivity index (χ3v) is 4.76. The summed E-state index contributed by atoms with van der Waals surface area (Å²) in [4.78, 5) is 0. The van der Waals surface area contributed by atoms with Crippen molar-refractivity contribution in [2.24, 2.45) is 10.9 Å². The largest absolute Gasteiger partial charge is 0.409 e. The molecule has 6 nitrogen and oxygen atoms in total. The van der Waals surface area contributed by atoms with E-state index in [0.717, 1.165) is 4.31 Å². The molecule has 0 aliphatic rings. The van der Waals surface area contributed by atoms with E-state index in [1.807, 2.05) is 0 Å². The van der Waals surface area contributed by atoms with E-state index >= 15 is 0 Å². The van der Waals surface area contributed by atoms with Crippen molar-refractivity contribution >= 4 is 21.5 Å². The first-order valence-electron chi connectivity index (χ1n) is 5.37. The predicted octanol–water partition coefficient (Wildman–Crippen LogP) is 0.955. The predicted molar refractivity (Wildman–Crippen MR) is 71.4 cm³/mol. The summed E-state index contributed by atoms with van der Waals surface area (Å²) in [7, 11) is -2.01. The summed E-state index contributed by atoms with van der Waals surface area (Å²) in [6, 6.07) is 6.58. The SMILES string of the molecule is CC(C)S(=O)(=O)N(C)c1ccccc1C(N)=NO. The molecule has 0 bridgehead atoms. The maximum Gasteiger partial charge on any atom is 0.237 e. The summed E-state index contributed by atoms with van der Waals surface area (Å²) < 4.78 is 25.3. The van der Waals surface area contributed by atoms with Crippen LogP contribution in [0.2, 0.25) is 0 Å². The molecule has 100 valence electrons. The van der Waals surface area contributed by atoms with Gasteiger partial charge in [-0.1, -0.05) is 17.3 Å². The minimum atomic E-state index is -3.45. The van der Waals surface area contributed by atoms with Crippen LogP contribution in [0.25, 0.3) is 0 Å². The summed E-state index contributed by atoms with van der Waals surface area (Å²) in [6.45, 7) is 3.19. The first-order valence-corrected chi connectivity index (χ1v) is 6.87. The minimum absolute atomic E-state index is 0.128. The van der Waals surface area contributed by atoms with Crippen LogP contribution in [0.3, 0.4) is 0 Å². The van der Waals surface area contributed by atoms with Crippen molar-refractivity contribution in [2.75, 3.05) is 11.4 Å². The van der Waals surface area contributed by atoms with Crippen LogP contribution in [-0.2, 0) is 10.0 Å². The van der Waals surface area contributed by atoms with Gasteiger partial charge in [-0.3, -0.25) is 4.31 Å². The van der Waals surface area contributed by atoms with Crippen LogP contribution < -0.4 is 10.0 Å². The van der Waals surface area contributed by atoms with Gasteiger partial charge in [-0.15, -0.1) is 0 Å². The maximum atomic E-state index is 12.1. The van der Waals surface area contributed by atoms with Crippen LogP contribution in [0.4, 0.5) is 5.69 Å². The summed E-state index contributed by atoms with van der Waals surface area (Å²) >= 11 is 0. The number of hydrogen-bond acceptors (Lipinski definition) is 4. The first kappa shape index (κ1) is 14.3. The second kappa shape index (κ2) is 5.26.